The van der Waals surface area contributed by atoms with Gasteiger partial charge in [0.15, 0.2) is 11.5 Å². The van der Waals surface area contributed by atoms with E-state index in [4.69, 9.17) is 37.7 Å². The maximum Gasteiger partial charge on any atom is 0.272 e. The molecule has 7 heteroatoms. The van der Waals surface area contributed by atoms with Crippen LogP contribution in [0.1, 0.15) is 91.3 Å². The summed E-state index contributed by atoms with van der Waals surface area (Å²) in [6, 6.07) is 9.52. The van der Waals surface area contributed by atoms with E-state index >= 15 is 0 Å². The van der Waals surface area contributed by atoms with E-state index in [1.807, 2.05) is 56.9 Å². The first-order valence-corrected chi connectivity index (χ1v) is 14.9. The first-order valence-electron chi connectivity index (χ1n) is 14.1. The molecular weight excluding hydrogens is 543 g/mol. The van der Waals surface area contributed by atoms with Crippen LogP contribution in [-0.4, -0.2) is 41.8 Å². The Morgan fingerprint density at radius 2 is 1.77 bits per heavy atom. The molecule has 0 bridgehead atoms. The topological polar surface area (TPSA) is 51.1 Å². The molecule has 2 rings (SSSR count). The third kappa shape index (κ3) is 8.50. The Morgan fingerprint density at radius 1 is 1.10 bits per heavy atom. The number of hydrogen-bond donors (Lipinski definition) is 0. The summed E-state index contributed by atoms with van der Waals surface area (Å²) in [6.45, 7) is 19.0. The molecule has 5 nitrogen and oxygen atoms in total. The van der Waals surface area contributed by atoms with Crippen LogP contribution in [0.15, 0.2) is 46.6 Å². The zero-order valence-corrected chi connectivity index (χ0v) is 27.4. The van der Waals surface area contributed by atoms with E-state index in [0.717, 1.165) is 41.7 Å². The predicted molar refractivity (Wildman–Crippen MR) is 170 cm³/mol. The standard InChI is InChI=1S/C33H46Cl2N2O3/c1-11-18-37(33(8,9)12-2)32(38)31(36-24(7)26-14-13-15-27(34)30(26)35)22(5)16-17-25-20-28(39-10)29(19-23(25)6)40-21(3)4/h13-15,19-21H,11-12,16-18H2,1-10H3/b31-22+,36-24+. The molecule has 0 heterocycles. The molecule has 0 aliphatic carbocycles. The summed E-state index contributed by atoms with van der Waals surface area (Å²) in [5.74, 6) is 1.37. The van der Waals surface area contributed by atoms with Crippen LogP contribution in [-0.2, 0) is 11.2 Å². The molecule has 0 atom stereocenters. The van der Waals surface area contributed by atoms with E-state index in [0.29, 0.717) is 45.7 Å². The molecule has 0 spiro atoms. The van der Waals surface area contributed by atoms with Crippen LogP contribution in [0.25, 0.3) is 0 Å². The van der Waals surface area contributed by atoms with Crippen LogP contribution < -0.4 is 9.47 Å². The normalized spacial score (nSPS) is 12.9. The van der Waals surface area contributed by atoms with Crippen molar-refractivity contribution in [3.05, 3.63) is 68.3 Å². The Bertz CT molecular complexity index is 1250. The summed E-state index contributed by atoms with van der Waals surface area (Å²) in [6.07, 6.45) is 3.11. The number of rotatable bonds is 13. The average Bonchev–Trinajstić information content (AvgIpc) is 2.90. The van der Waals surface area contributed by atoms with Crippen molar-refractivity contribution in [3.63, 3.8) is 0 Å². The van der Waals surface area contributed by atoms with Gasteiger partial charge in [-0.05, 0) is 109 Å². The van der Waals surface area contributed by atoms with Gasteiger partial charge in [0, 0.05) is 23.4 Å². The van der Waals surface area contributed by atoms with Crippen LogP contribution >= 0.6 is 23.2 Å². The SMILES string of the molecule is CCCN(C(=O)C(/N=C(\C)c1cccc(Cl)c1Cl)=C(/C)CCc1cc(OC)c(OC(C)C)cc1C)C(C)(C)CC. The summed E-state index contributed by atoms with van der Waals surface area (Å²) in [5.41, 5.74) is 4.66. The van der Waals surface area contributed by atoms with Gasteiger partial charge in [-0.15, -0.1) is 0 Å². The Kier molecular flexibility index (Phi) is 12.6. The Hall–Kier alpha value is -2.50. The molecule has 0 saturated carbocycles. The van der Waals surface area contributed by atoms with Gasteiger partial charge in [0.25, 0.3) is 5.91 Å². The van der Waals surface area contributed by atoms with Crippen molar-refractivity contribution < 1.29 is 14.3 Å². The van der Waals surface area contributed by atoms with Crippen LogP contribution in [0, 0.1) is 6.92 Å². The third-order valence-corrected chi connectivity index (χ3v) is 8.09. The number of benzene rings is 2. The monoisotopic (exact) mass is 588 g/mol. The number of halogens is 2. The first kappa shape index (κ1) is 33.7. The maximum atomic E-state index is 14.2. The second-order valence-corrected chi connectivity index (χ2v) is 11.9. The molecule has 1 amide bonds. The average molecular weight is 590 g/mol. The molecule has 2 aromatic carbocycles. The molecule has 0 aliphatic rings. The Morgan fingerprint density at radius 3 is 2.35 bits per heavy atom. The van der Waals surface area contributed by atoms with Gasteiger partial charge in [0.1, 0.15) is 5.70 Å². The van der Waals surface area contributed by atoms with Crippen LogP contribution in [0.5, 0.6) is 11.5 Å². The molecule has 0 saturated heterocycles. The fraction of sp³-hybridized carbons (Fsp3) is 0.515. The van der Waals surface area contributed by atoms with Crippen molar-refractivity contribution in [3.8, 4) is 11.5 Å². The molecule has 40 heavy (non-hydrogen) atoms. The number of allylic oxidation sites excluding steroid dienone is 1. The summed E-state index contributed by atoms with van der Waals surface area (Å²) < 4.78 is 11.6. The lowest BCUT2D eigenvalue weighted by molar-refractivity contribution is -0.132. The quantitative estimate of drug-likeness (QED) is 0.173. The molecule has 0 aliphatic heterocycles. The Balaban J connectivity index is 2.59. The molecule has 0 unspecified atom stereocenters. The molecule has 0 radical (unpaired) electrons. The zero-order chi connectivity index (χ0) is 30.2. The smallest absolute Gasteiger partial charge is 0.272 e. The summed E-state index contributed by atoms with van der Waals surface area (Å²) in [4.78, 5) is 21.1. The van der Waals surface area contributed by atoms with E-state index in [1.54, 1.807) is 13.2 Å². The minimum absolute atomic E-state index is 0.0467. The number of carbonyl (C=O) groups is 1. The van der Waals surface area contributed by atoms with Gasteiger partial charge < -0.3 is 14.4 Å². The second kappa shape index (κ2) is 14.9. The van der Waals surface area contributed by atoms with E-state index in [2.05, 4.69) is 34.6 Å². The number of aryl methyl sites for hydroxylation is 2. The highest BCUT2D eigenvalue weighted by atomic mass is 35.5. The number of amides is 1. The fourth-order valence-corrected chi connectivity index (χ4v) is 4.91. The number of hydrogen-bond acceptors (Lipinski definition) is 4. The van der Waals surface area contributed by atoms with E-state index < -0.39 is 0 Å². The highest BCUT2D eigenvalue weighted by molar-refractivity contribution is 6.44. The lowest BCUT2D eigenvalue weighted by Gasteiger charge is -2.38. The van der Waals surface area contributed by atoms with Crippen molar-refractivity contribution in [2.24, 2.45) is 4.99 Å². The summed E-state index contributed by atoms with van der Waals surface area (Å²) in [7, 11) is 1.65. The summed E-state index contributed by atoms with van der Waals surface area (Å²) >= 11 is 12.8. The zero-order valence-electron chi connectivity index (χ0n) is 25.9. The van der Waals surface area contributed by atoms with Gasteiger partial charge in [-0.25, -0.2) is 4.99 Å². The maximum absolute atomic E-state index is 14.2. The van der Waals surface area contributed by atoms with Gasteiger partial charge in [0.05, 0.1) is 23.3 Å². The molecular formula is C33H46Cl2N2O3. The summed E-state index contributed by atoms with van der Waals surface area (Å²) in [5, 5.41) is 0.886. The lowest BCUT2D eigenvalue weighted by atomic mass is 9.96. The van der Waals surface area contributed by atoms with Gasteiger partial charge in [-0.3, -0.25) is 4.79 Å². The van der Waals surface area contributed by atoms with Gasteiger partial charge in [-0.2, -0.15) is 0 Å². The molecule has 0 aromatic heterocycles. The number of ether oxygens (including phenoxy) is 2. The van der Waals surface area contributed by atoms with Crippen molar-refractivity contribution in [1.82, 2.24) is 4.90 Å². The molecule has 220 valence electrons. The van der Waals surface area contributed by atoms with Gasteiger partial charge in [-0.1, -0.05) is 49.2 Å². The highest BCUT2D eigenvalue weighted by Crippen LogP contribution is 2.33. The number of carbonyl (C=O) groups excluding carboxylic acids is 1. The third-order valence-electron chi connectivity index (χ3n) is 7.27. The van der Waals surface area contributed by atoms with Crippen LogP contribution in [0.4, 0.5) is 0 Å². The van der Waals surface area contributed by atoms with E-state index in [9.17, 15) is 4.79 Å². The van der Waals surface area contributed by atoms with Crippen molar-refractivity contribution in [2.45, 2.75) is 99.6 Å². The minimum atomic E-state index is -0.314. The van der Waals surface area contributed by atoms with Gasteiger partial charge >= 0.3 is 0 Å². The van der Waals surface area contributed by atoms with Gasteiger partial charge in [0.2, 0.25) is 0 Å². The predicted octanol–water partition coefficient (Wildman–Crippen LogP) is 9.24. The van der Waals surface area contributed by atoms with Crippen molar-refractivity contribution in [1.29, 1.82) is 0 Å². The molecule has 0 N–H and O–H groups in total. The number of nitrogens with zero attached hydrogens (tertiary/aromatic N) is 2. The highest BCUT2D eigenvalue weighted by Gasteiger charge is 2.31. The fourth-order valence-electron chi connectivity index (χ4n) is 4.48. The van der Waals surface area contributed by atoms with Crippen LogP contribution in [0.3, 0.4) is 0 Å². The minimum Gasteiger partial charge on any atom is -0.493 e. The molecule has 0 fully saturated rings. The number of aliphatic imine (C=N–C) groups is 1. The largest absolute Gasteiger partial charge is 0.493 e. The van der Waals surface area contributed by atoms with Crippen LogP contribution in [0.2, 0.25) is 10.0 Å². The first-order chi connectivity index (χ1) is 18.8. The Labute approximate surface area is 251 Å². The number of methoxy groups -OCH3 is 1. The van der Waals surface area contributed by atoms with E-state index in [-0.39, 0.29) is 17.6 Å². The van der Waals surface area contributed by atoms with Crippen molar-refractivity contribution in [2.75, 3.05) is 13.7 Å². The van der Waals surface area contributed by atoms with Crippen molar-refractivity contribution >= 4 is 34.8 Å². The van der Waals surface area contributed by atoms with E-state index in [1.165, 1.54) is 0 Å². The molecule has 2 aromatic rings. The second-order valence-electron chi connectivity index (χ2n) is 11.1. The lowest BCUT2D eigenvalue weighted by Crippen LogP contribution is -2.48.